The van der Waals surface area contributed by atoms with Crippen LogP contribution in [0.3, 0.4) is 0 Å². The number of pyridine rings is 2. The highest BCUT2D eigenvalue weighted by Crippen LogP contribution is 2.35. The molecule has 0 aromatic carbocycles. The molecule has 9 nitrogen and oxygen atoms in total. The summed E-state index contributed by atoms with van der Waals surface area (Å²) < 4.78 is 39.2. The van der Waals surface area contributed by atoms with Crippen molar-refractivity contribution in [1.29, 1.82) is 0 Å². The molecule has 0 spiro atoms. The molecular weight excluding hydrogens is 533 g/mol. The van der Waals surface area contributed by atoms with E-state index in [9.17, 15) is 27.6 Å². The number of anilines is 1. The highest BCUT2D eigenvalue weighted by atomic mass is 35.5. The maximum atomic E-state index is 13.1. The van der Waals surface area contributed by atoms with Gasteiger partial charge in [0.2, 0.25) is 0 Å². The van der Waals surface area contributed by atoms with E-state index in [2.05, 4.69) is 30.2 Å². The van der Waals surface area contributed by atoms with E-state index in [1.165, 1.54) is 24.8 Å². The minimum absolute atomic E-state index is 0.00382. The van der Waals surface area contributed by atoms with E-state index in [1.807, 2.05) is 0 Å². The third-order valence-electron chi connectivity index (χ3n) is 5.11. The highest BCUT2D eigenvalue weighted by Gasteiger charge is 2.34. The summed E-state index contributed by atoms with van der Waals surface area (Å²) in [5, 5.41) is 2.17. The zero-order valence-electron chi connectivity index (χ0n) is 18.8. The number of aromatic nitrogens is 5. The number of carbonyl (C=O) groups is 2. The molecule has 0 bridgehead atoms. The van der Waals surface area contributed by atoms with Gasteiger partial charge in [0.1, 0.15) is 22.7 Å². The Morgan fingerprint density at radius 2 is 1.95 bits per heavy atom. The minimum atomic E-state index is -4.71. The van der Waals surface area contributed by atoms with Crippen molar-refractivity contribution in [2.24, 2.45) is 0 Å². The van der Waals surface area contributed by atoms with Crippen LogP contribution in [0.4, 0.5) is 19.0 Å². The van der Waals surface area contributed by atoms with Gasteiger partial charge in [0.05, 0.1) is 33.0 Å². The number of rotatable bonds is 7. The fraction of sp³-hybridized carbons (Fsp3) is 0.174. The molecule has 1 atom stereocenters. The molecule has 4 rings (SSSR count). The second-order valence-corrected chi connectivity index (χ2v) is 9.26. The Balaban J connectivity index is 1.44. The second-order valence-electron chi connectivity index (χ2n) is 7.79. The second kappa shape index (κ2) is 10.6. The largest absolute Gasteiger partial charge is 0.418 e. The molecule has 0 aliphatic rings. The molecule has 0 fully saturated rings. The van der Waals surface area contributed by atoms with Gasteiger partial charge in [-0.25, -0.2) is 19.9 Å². The Kier molecular flexibility index (Phi) is 7.45. The minimum Gasteiger partial charge on any atom is -0.329 e. The number of nitrogens with zero attached hydrogens (tertiary/aromatic N) is 4. The maximum absolute atomic E-state index is 13.1. The molecule has 4 aromatic rings. The van der Waals surface area contributed by atoms with Crippen LogP contribution in [-0.4, -0.2) is 36.6 Å². The molecule has 0 saturated carbocycles. The molecule has 37 heavy (non-hydrogen) atoms. The van der Waals surface area contributed by atoms with Crippen molar-refractivity contribution in [3.8, 4) is 11.3 Å². The first-order chi connectivity index (χ1) is 17.5. The van der Waals surface area contributed by atoms with Gasteiger partial charge in [-0.1, -0.05) is 18.5 Å². The van der Waals surface area contributed by atoms with Gasteiger partial charge in [-0.2, -0.15) is 13.2 Å². The van der Waals surface area contributed by atoms with Crippen LogP contribution in [0.2, 0.25) is 5.02 Å². The smallest absolute Gasteiger partial charge is 0.329 e. The zero-order chi connectivity index (χ0) is 26.7. The molecule has 190 valence electrons. The number of halogens is 4. The number of amides is 1. The van der Waals surface area contributed by atoms with Crippen LogP contribution in [0, 0.1) is 0 Å². The number of H-pyrrole nitrogens is 1. The number of ketones is 1. The number of carbonyl (C=O) groups excluding carboxylic acids is 2. The predicted octanol–water partition coefficient (Wildman–Crippen LogP) is 4.98. The fourth-order valence-corrected chi connectivity index (χ4v) is 4.35. The number of nitrogens with one attached hydrogen (secondary N) is 2. The van der Waals surface area contributed by atoms with Crippen molar-refractivity contribution < 1.29 is 22.8 Å². The van der Waals surface area contributed by atoms with Crippen LogP contribution in [0.25, 0.3) is 11.3 Å². The van der Waals surface area contributed by atoms with Crippen LogP contribution in [0.1, 0.15) is 50.0 Å². The number of aromatic amines is 1. The summed E-state index contributed by atoms with van der Waals surface area (Å²) in [4.78, 5) is 56.0. The maximum Gasteiger partial charge on any atom is 0.418 e. The van der Waals surface area contributed by atoms with Crippen molar-refractivity contribution in [3.63, 3.8) is 0 Å². The lowest BCUT2D eigenvalue weighted by atomic mass is 10.0. The van der Waals surface area contributed by atoms with Crippen LogP contribution in [-0.2, 0) is 6.18 Å². The number of hydrogen-bond donors (Lipinski definition) is 2. The molecule has 4 aromatic heterocycles. The van der Waals surface area contributed by atoms with Gasteiger partial charge < -0.3 is 10.3 Å². The lowest BCUT2D eigenvalue weighted by molar-refractivity contribution is -0.137. The summed E-state index contributed by atoms with van der Waals surface area (Å²) in [6.45, 7) is 1.73. The van der Waals surface area contributed by atoms with Crippen molar-refractivity contribution in [2.75, 3.05) is 5.32 Å². The number of hydrogen-bond acceptors (Lipinski definition) is 8. The van der Waals surface area contributed by atoms with Gasteiger partial charge in [0.25, 0.3) is 11.5 Å². The van der Waals surface area contributed by atoms with Crippen molar-refractivity contribution >= 4 is 40.4 Å². The summed E-state index contributed by atoms with van der Waals surface area (Å²) in [7, 11) is 0. The first kappa shape index (κ1) is 26.1. The molecule has 1 unspecified atom stereocenters. The molecule has 2 N–H and O–H groups in total. The summed E-state index contributed by atoms with van der Waals surface area (Å²) >= 11 is 6.54. The summed E-state index contributed by atoms with van der Waals surface area (Å²) in [6.07, 6.45) is 0.0411. The number of Topliss-reactive ketones (excluding diaryl/α,β-unsaturated/α-hetero) is 1. The van der Waals surface area contributed by atoms with Crippen LogP contribution >= 0.6 is 22.9 Å². The normalized spacial score (nSPS) is 12.2. The molecule has 0 aliphatic heterocycles. The van der Waals surface area contributed by atoms with E-state index in [-0.39, 0.29) is 34.2 Å². The Labute approximate surface area is 215 Å². The quantitative estimate of drug-likeness (QED) is 0.311. The van der Waals surface area contributed by atoms with Gasteiger partial charge in [0, 0.05) is 24.7 Å². The third kappa shape index (κ3) is 6.06. The Hall–Kier alpha value is -3.97. The Morgan fingerprint density at radius 1 is 1.16 bits per heavy atom. The van der Waals surface area contributed by atoms with Gasteiger partial charge >= 0.3 is 6.18 Å². The summed E-state index contributed by atoms with van der Waals surface area (Å²) in [5.41, 5.74) is -0.777. The lowest BCUT2D eigenvalue weighted by Crippen LogP contribution is -2.13. The topological polar surface area (TPSA) is 131 Å². The van der Waals surface area contributed by atoms with Crippen LogP contribution in [0.5, 0.6) is 0 Å². The summed E-state index contributed by atoms with van der Waals surface area (Å²) in [5.74, 6) is -1.76. The average molecular weight is 549 g/mol. The van der Waals surface area contributed by atoms with E-state index in [4.69, 9.17) is 11.6 Å². The standard InChI is InChI=1S/C23H16ClF3N6O3S/c1-11(5-17(34)16-7-15(31-10-32-16)12-3-2-4-28-20(12)35)22-30-9-18(37-22)21(36)33-19-6-13(23(25,26)27)14(24)8-29-19/h2-4,6-11H,5H2,1H3,(H,28,35)(H,29,33,36). The molecule has 0 aliphatic carbocycles. The lowest BCUT2D eigenvalue weighted by Gasteiger charge is -2.10. The van der Waals surface area contributed by atoms with E-state index in [0.29, 0.717) is 22.3 Å². The van der Waals surface area contributed by atoms with Crippen molar-refractivity contribution in [1.82, 2.24) is 24.9 Å². The van der Waals surface area contributed by atoms with Gasteiger partial charge in [-0.05, 0) is 24.3 Å². The summed E-state index contributed by atoms with van der Waals surface area (Å²) in [6, 6.07) is 5.28. The zero-order valence-corrected chi connectivity index (χ0v) is 20.4. The Bertz CT molecular complexity index is 1540. The van der Waals surface area contributed by atoms with Gasteiger partial charge in [-0.3, -0.25) is 14.4 Å². The molecule has 14 heteroatoms. The fourth-order valence-electron chi connectivity index (χ4n) is 3.27. The van der Waals surface area contributed by atoms with Crippen molar-refractivity contribution in [3.05, 3.63) is 85.7 Å². The van der Waals surface area contributed by atoms with Gasteiger partial charge in [-0.15, -0.1) is 11.3 Å². The molecular formula is C23H16ClF3N6O3S. The monoisotopic (exact) mass is 548 g/mol. The Morgan fingerprint density at radius 3 is 2.68 bits per heavy atom. The van der Waals surface area contributed by atoms with E-state index < -0.39 is 28.6 Å². The molecule has 4 heterocycles. The first-order valence-corrected chi connectivity index (χ1v) is 11.8. The van der Waals surface area contributed by atoms with E-state index >= 15 is 0 Å². The van der Waals surface area contributed by atoms with Crippen molar-refractivity contribution in [2.45, 2.75) is 25.4 Å². The first-order valence-electron chi connectivity index (χ1n) is 10.6. The van der Waals surface area contributed by atoms with E-state index in [0.717, 1.165) is 17.5 Å². The SMILES string of the molecule is CC(CC(=O)c1cc(-c2ccc[nH]c2=O)ncn1)c1ncc(C(=O)Nc2cc(C(F)(F)F)c(Cl)cn2)s1. The number of alkyl halides is 3. The van der Waals surface area contributed by atoms with Crippen LogP contribution < -0.4 is 10.9 Å². The molecule has 0 radical (unpaired) electrons. The van der Waals surface area contributed by atoms with Crippen LogP contribution in [0.15, 0.2) is 54.0 Å². The predicted molar refractivity (Wildman–Crippen MR) is 130 cm³/mol. The van der Waals surface area contributed by atoms with E-state index in [1.54, 1.807) is 19.1 Å². The molecule has 1 amide bonds. The highest BCUT2D eigenvalue weighted by molar-refractivity contribution is 7.13. The molecule has 0 saturated heterocycles. The third-order valence-corrected chi connectivity index (χ3v) is 6.64. The average Bonchev–Trinajstić information content (AvgIpc) is 3.36. The van der Waals surface area contributed by atoms with Gasteiger partial charge in [0.15, 0.2) is 5.78 Å². The number of thiazole rings is 1.